The third kappa shape index (κ3) is 6.70. The fourth-order valence-electron chi connectivity index (χ4n) is 15.2. The van der Waals surface area contributed by atoms with Crippen LogP contribution in [0.1, 0.15) is 22.3 Å². The number of furan rings is 1. The Hall–Kier alpha value is -11.1. The van der Waals surface area contributed by atoms with Crippen LogP contribution in [0, 0.1) is 0 Å². The maximum Gasteiger partial charge on any atom is 0.252 e. The van der Waals surface area contributed by atoms with Gasteiger partial charge in [0.1, 0.15) is 11.2 Å². The molecule has 15 aromatic rings. The van der Waals surface area contributed by atoms with Gasteiger partial charge in [-0.15, -0.1) is 0 Å². The number of anilines is 9. The van der Waals surface area contributed by atoms with E-state index in [4.69, 9.17) is 4.42 Å². The average molecular weight is 1080 g/mol. The van der Waals surface area contributed by atoms with Gasteiger partial charge in [0.05, 0.1) is 44.6 Å². The van der Waals surface area contributed by atoms with E-state index in [1.54, 1.807) is 0 Å². The zero-order valence-electron chi connectivity index (χ0n) is 46.2. The molecule has 0 saturated carbocycles. The molecule has 0 N–H and O–H groups in total. The summed E-state index contributed by atoms with van der Waals surface area (Å²) in [6.45, 7) is -0.194. The molecule has 0 fully saturated rings. The number of para-hydroxylation sites is 6. The topological polar surface area (TPSA) is 27.8 Å². The lowest BCUT2D eigenvalue weighted by Crippen LogP contribution is -2.61. The highest BCUT2D eigenvalue weighted by molar-refractivity contribution is 7.01. The lowest BCUT2D eigenvalue weighted by molar-refractivity contribution is 0.669. The molecule has 1 aliphatic carbocycles. The van der Waals surface area contributed by atoms with Crippen LogP contribution in [0.5, 0.6) is 0 Å². The monoisotopic (exact) mass is 1080 g/mol. The van der Waals surface area contributed by atoms with Crippen LogP contribution in [0.15, 0.2) is 314 Å². The number of hydrogen-bond acceptors (Lipinski definition) is 4. The lowest BCUT2D eigenvalue weighted by Gasteiger charge is -2.45. The number of aromatic nitrogens is 1. The molecule has 0 unspecified atom stereocenters. The Morgan fingerprint density at radius 1 is 0.365 bits per heavy atom. The smallest absolute Gasteiger partial charge is 0.252 e. The number of nitrogens with zero attached hydrogens (tertiary/aromatic N) is 4. The molecular weight excluding hydrogens is 1030 g/mol. The normalized spacial score (nSPS) is 13.4. The van der Waals surface area contributed by atoms with Gasteiger partial charge in [-0.3, -0.25) is 0 Å². The first kappa shape index (κ1) is 47.6. The number of hydrogen-bond donors (Lipinski definition) is 0. The summed E-state index contributed by atoms with van der Waals surface area (Å²) in [5.41, 5.74) is 25.4. The lowest BCUT2D eigenvalue weighted by atomic mass is 9.33. The Bertz CT molecular complexity index is 5100. The first-order valence-corrected chi connectivity index (χ1v) is 29.4. The van der Waals surface area contributed by atoms with Gasteiger partial charge in [-0.05, 0) is 135 Å². The van der Waals surface area contributed by atoms with E-state index in [1.165, 1.54) is 66.2 Å². The largest absolute Gasteiger partial charge is 0.456 e. The summed E-state index contributed by atoms with van der Waals surface area (Å²) in [5.74, 6) is 0. The molecule has 18 rings (SSSR count). The van der Waals surface area contributed by atoms with Crippen LogP contribution < -0.4 is 31.1 Å². The van der Waals surface area contributed by atoms with Gasteiger partial charge in [0.2, 0.25) is 0 Å². The van der Waals surface area contributed by atoms with E-state index < -0.39 is 5.41 Å². The second-order valence-electron chi connectivity index (χ2n) is 22.6. The molecule has 2 aromatic heterocycles. The van der Waals surface area contributed by atoms with Crippen LogP contribution in [0.3, 0.4) is 0 Å². The molecule has 0 radical (unpaired) electrons. The number of benzene rings is 13. The predicted molar refractivity (Wildman–Crippen MR) is 354 cm³/mol. The Morgan fingerprint density at radius 2 is 0.882 bits per heavy atom. The van der Waals surface area contributed by atoms with E-state index in [2.05, 4.69) is 329 Å². The average Bonchev–Trinajstić information content (AvgIpc) is 1.76. The van der Waals surface area contributed by atoms with Crippen molar-refractivity contribution < 1.29 is 4.42 Å². The third-order valence-corrected chi connectivity index (χ3v) is 18.4. The van der Waals surface area contributed by atoms with E-state index in [0.717, 1.165) is 84.2 Å². The third-order valence-electron chi connectivity index (χ3n) is 18.4. The Morgan fingerprint density at radius 3 is 1.54 bits per heavy atom. The van der Waals surface area contributed by atoms with Crippen LogP contribution in [-0.2, 0) is 5.41 Å². The summed E-state index contributed by atoms with van der Waals surface area (Å²) in [6, 6.07) is 114. The van der Waals surface area contributed by atoms with E-state index in [0.29, 0.717) is 0 Å². The Kier molecular flexibility index (Phi) is 10.3. The maximum absolute atomic E-state index is 6.88. The molecule has 6 heteroatoms. The van der Waals surface area contributed by atoms with Crippen molar-refractivity contribution in [2.75, 3.05) is 14.7 Å². The van der Waals surface area contributed by atoms with Crippen molar-refractivity contribution >= 4 is 118 Å². The van der Waals surface area contributed by atoms with Gasteiger partial charge < -0.3 is 23.7 Å². The highest BCUT2D eigenvalue weighted by Gasteiger charge is 2.49. The molecule has 4 heterocycles. The molecule has 396 valence electrons. The van der Waals surface area contributed by atoms with E-state index >= 15 is 0 Å². The van der Waals surface area contributed by atoms with Crippen molar-refractivity contribution in [3.63, 3.8) is 0 Å². The fraction of sp³-hybridized carbons (Fsp3) is 0.0127. The first-order valence-electron chi connectivity index (χ1n) is 29.4. The molecule has 0 saturated heterocycles. The standard InChI is InChI=1S/C79H51BN4O/c1-7-26-52(27-8-1)79(53-28-9-2-10-29-53)62-41-22-19-38-59(62)73-63(79)42-25-44-67(73)81(54-30-11-3-12-31-54)58-50-69-76-70(51-58)84(57-36-17-6-18-37-57)78-65(47-49-72-75(78)61-40-21-24-45-71(61)85-72)80(76)64-46-48-68-74(77(64)83(69)56-34-15-5-16-35-56)60-39-20-23-43-66(60)82(68)55-32-13-4-14-33-55/h1-51H. The van der Waals surface area contributed by atoms with Gasteiger partial charge in [0, 0.05) is 55.8 Å². The van der Waals surface area contributed by atoms with Crippen LogP contribution in [0.25, 0.3) is 60.6 Å². The second kappa shape index (κ2) is 18.5. The van der Waals surface area contributed by atoms with Gasteiger partial charge >= 0.3 is 0 Å². The summed E-state index contributed by atoms with van der Waals surface area (Å²) < 4.78 is 9.33. The van der Waals surface area contributed by atoms with Crippen LogP contribution in [0.2, 0.25) is 0 Å². The molecule has 0 amide bonds. The zero-order valence-corrected chi connectivity index (χ0v) is 46.2. The highest BCUT2D eigenvalue weighted by Crippen LogP contribution is 2.60. The zero-order chi connectivity index (χ0) is 55.7. The summed E-state index contributed by atoms with van der Waals surface area (Å²) in [4.78, 5) is 7.69. The van der Waals surface area contributed by atoms with Crippen molar-refractivity contribution in [3.8, 4) is 16.8 Å². The van der Waals surface area contributed by atoms with E-state index in [9.17, 15) is 0 Å². The quantitative estimate of drug-likeness (QED) is 0.142. The summed E-state index contributed by atoms with van der Waals surface area (Å²) in [7, 11) is 0. The predicted octanol–water partition coefficient (Wildman–Crippen LogP) is 18.6. The Balaban J connectivity index is 1.01. The second-order valence-corrected chi connectivity index (χ2v) is 22.6. The maximum atomic E-state index is 6.88. The van der Waals surface area contributed by atoms with Gasteiger partial charge in [0.15, 0.2) is 0 Å². The molecule has 5 nitrogen and oxygen atoms in total. The van der Waals surface area contributed by atoms with Crippen LogP contribution in [-0.4, -0.2) is 11.3 Å². The van der Waals surface area contributed by atoms with Crippen molar-refractivity contribution in [1.29, 1.82) is 0 Å². The van der Waals surface area contributed by atoms with Crippen LogP contribution in [0.4, 0.5) is 51.2 Å². The molecule has 85 heavy (non-hydrogen) atoms. The van der Waals surface area contributed by atoms with Crippen molar-refractivity contribution in [3.05, 3.63) is 332 Å². The molecule has 13 aromatic carbocycles. The minimum absolute atomic E-state index is 0.194. The Labute approximate surface area is 492 Å². The van der Waals surface area contributed by atoms with Gasteiger partial charge in [-0.25, -0.2) is 0 Å². The summed E-state index contributed by atoms with van der Waals surface area (Å²) in [5, 5.41) is 4.58. The van der Waals surface area contributed by atoms with Crippen molar-refractivity contribution in [2.45, 2.75) is 5.41 Å². The molecule has 0 spiro atoms. The van der Waals surface area contributed by atoms with E-state index in [1.807, 2.05) is 0 Å². The summed E-state index contributed by atoms with van der Waals surface area (Å²) in [6.07, 6.45) is 0. The highest BCUT2D eigenvalue weighted by atomic mass is 16.3. The fourth-order valence-corrected chi connectivity index (χ4v) is 15.2. The van der Waals surface area contributed by atoms with Crippen LogP contribution >= 0.6 is 0 Å². The molecule has 0 bridgehead atoms. The number of rotatable bonds is 8. The molecule has 0 atom stereocenters. The molecule has 3 aliphatic rings. The molecular formula is C79H51BN4O. The van der Waals surface area contributed by atoms with E-state index in [-0.39, 0.29) is 6.71 Å². The SMILES string of the molecule is c1ccc(N(c2cc3c4c(c2)N(c2ccccc2)c2c(ccc5c2c2ccccc2n5-c2ccccc2)B4c2ccc4oc5ccccc5c4c2N3c2ccccc2)c2cccc3c2-c2ccccc2C3(c2ccccc2)c2ccccc2)cc1. The molecule has 2 aliphatic heterocycles. The van der Waals surface area contributed by atoms with Gasteiger partial charge in [0.25, 0.3) is 6.71 Å². The van der Waals surface area contributed by atoms with Gasteiger partial charge in [-0.2, -0.15) is 0 Å². The van der Waals surface area contributed by atoms with Gasteiger partial charge in [-0.1, -0.05) is 218 Å². The minimum atomic E-state index is -0.605. The summed E-state index contributed by atoms with van der Waals surface area (Å²) >= 11 is 0. The van der Waals surface area contributed by atoms with Crippen molar-refractivity contribution in [2.24, 2.45) is 0 Å². The first-order chi connectivity index (χ1) is 42.2. The number of fused-ring (bicyclic) bond motifs is 15. The van der Waals surface area contributed by atoms with Crippen molar-refractivity contribution in [1.82, 2.24) is 4.57 Å². The minimum Gasteiger partial charge on any atom is -0.456 e.